The number of carbonyl (C=O) groups is 1. The molecule has 0 aliphatic heterocycles. The standard InChI is InChI=1S/C16H12N2O3/c19-16(20)11-7-17-15(18-14(11)9-5-6-9)12-8-21-13-4-2-1-3-10(12)13/h1-4,7-9H,5-6H2,(H,19,20). The number of hydrogen-bond acceptors (Lipinski definition) is 4. The highest BCUT2D eigenvalue weighted by molar-refractivity contribution is 5.93. The first-order chi connectivity index (χ1) is 10.2. The summed E-state index contributed by atoms with van der Waals surface area (Å²) in [6, 6.07) is 7.65. The van der Waals surface area contributed by atoms with Crippen LogP contribution < -0.4 is 0 Å². The number of aromatic nitrogens is 2. The molecular formula is C16H12N2O3. The summed E-state index contributed by atoms with van der Waals surface area (Å²) in [5, 5.41) is 10.2. The number of aromatic carboxylic acids is 1. The van der Waals surface area contributed by atoms with Crippen LogP contribution in [0.3, 0.4) is 0 Å². The zero-order valence-corrected chi connectivity index (χ0v) is 11.1. The summed E-state index contributed by atoms with van der Waals surface area (Å²) in [5.74, 6) is -0.205. The molecule has 21 heavy (non-hydrogen) atoms. The zero-order chi connectivity index (χ0) is 14.4. The van der Waals surface area contributed by atoms with Crippen molar-refractivity contribution in [3.63, 3.8) is 0 Å². The molecule has 1 aromatic carbocycles. The highest BCUT2D eigenvalue weighted by atomic mass is 16.4. The number of para-hydroxylation sites is 1. The van der Waals surface area contributed by atoms with Crippen LogP contribution in [-0.2, 0) is 0 Å². The van der Waals surface area contributed by atoms with E-state index in [0.29, 0.717) is 11.5 Å². The molecule has 2 heterocycles. The number of furan rings is 1. The molecule has 1 N–H and O–H groups in total. The number of fused-ring (bicyclic) bond motifs is 1. The van der Waals surface area contributed by atoms with Crippen LogP contribution in [0.2, 0.25) is 0 Å². The molecule has 3 aromatic rings. The number of nitrogens with zero attached hydrogens (tertiary/aromatic N) is 2. The van der Waals surface area contributed by atoms with Gasteiger partial charge in [0.05, 0.1) is 16.8 Å². The lowest BCUT2D eigenvalue weighted by molar-refractivity contribution is 0.0694. The third-order valence-electron chi connectivity index (χ3n) is 3.73. The lowest BCUT2D eigenvalue weighted by Crippen LogP contribution is -2.06. The fraction of sp³-hybridized carbons (Fsp3) is 0.188. The average molecular weight is 280 g/mol. The molecule has 5 nitrogen and oxygen atoms in total. The minimum absolute atomic E-state index is 0.203. The van der Waals surface area contributed by atoms with Crippen LogP contribution in [0, 0.1) is 0 Å². The third kappa shape index (κ3) is 1.98. The molecule has 2 aromatic heterocycles. The Bertz CT molecular complexity index is 850. The number of carboxylic acids is 1. The van der Waals surface area contributed by atoms with Crippen molar-refractivity contribution in [2.45, 2.75) is 18.8 Å². The van der Waals surface area contributed by atoms with Gasteiger partial charge >= 0.3 is 5.97 Å². The van der Waals surface area contributed by atoms with Gasteiger partial charge in [-0.15, -0.1) is 0 Å². The molecule has 4 rings (SSSR count). The van der Waals surface area contributed by atoms with E-state index in [1.54, 1.807) is 6.26 Å². The first-order valence-corrected chi connectivity index (χ1v) is 6.81. The van der Waals surface area contributed by atoms with Crippen LogP contribution in [0.4, 0.5) is 0 Å². The Hall–Kier alpha value is -2.69. The smallest absolute Gasteiger partial charge is 0.339 e. The molecule has 0 amide bonds. The van der Waals surface area contributed by atoms with Gasteiger partial charge in [-0.1, -0.05) is 18.2 Å². The largest absolute Gasteiger partial charge is 0.478 e. The Morgan fingerprint density at radius 2 is 2.10 bits per heavy atom. The van der Waals surface area contributed by atoms with E-state index in [-0.39, 0.29) is 11.5 Å². The molecule has 0 spiro atoms. The maximum Gasteiger partial charge on any atom is 0.339 e. The van der Waals surface area contributed by atoms with Crippen molar-refractivity contribution in [1.82, 2.24) is 9.97 Å². The Labute approximate surface area is 120 Å². The van der Waals surface area contributed by atoms with E-state index >= 15 is 0 Å². The summed E-state index contributed by atoms with van der Waals surface area (Å²) in [6.07, 6.45) is 5.00. The van der Waals surface area contributed by atoms with Gasteiger partial charge in [0.15, 0.2) is 5.82 Å². The van der Waals surface area contributed by atoms with Gasteiger partial charge in [0.25, 0.3) is 0 Å². The van der Waals surface area contributed by atoms with Crippen LogP contribution in [0.25, 0.3) is 22.4 Å². The second-order valence-electron chi connectivity index (χ2n) is 5.22. The molecule has 104 valence electrons. The molecule has 1 fully saturated rings. The van der Waals surface area contributed by atoms with Crippen LogP contribution in [0.5, 0.6) is 0 Å². The molecule has 0 saturated heterocycles. The van der Waals surface area contributed by atoms with Crippen molar-refractivity contribution in [1.29, 1.82) is 0 Å². The summed E-state index contributed by atoms with van der Waals surface area (Å²) in [6.45, 7) is 0. The van der Waals surface area contributed by atoms with Crippen LogP contribution in [-0.4, -0.2) is 21.0 Å². The topological polar surface area (TPSA) is 76.2 Å². The van der Waals surface area contributed by atoms with E-state index in [1.807, 2.05) is 24.3 Å². The van der Waals surface area contributed by atoms with Crippen molar-refractivity contribution < 1.29 is 14.3 Å². The van der Waals surface area contributed by atoms with Gasteiger partial charge in [-0.05, 0) is 18.9 Å². The Balaban J connectivity index is 1.89. The number of hydrogen-bond donors (Lipinski definition) is 1. The first kappa shape index (κ1) is 12.1. The minimum atomic E-state index is -0.972. The van der Waals surface area contributed by atoms with Crippen molar-refractivity contribution in [3.05, 3.63) is 48.0 Å². The third-order valence-corrected chi connectivity index (χ3v) is 3.73. The van der Waals surface area contributed by atoms with E-state index < -0.39 is 5.97 Å². The second-order valence-corrected chi connectivity index (χ2v) is 5.22. The van der Waals surface area contributed by atoms with Crippen LogP contribution in [0.15, 0.2) is 41.1 Å². The number of carboxylic acid groups (broad SMARTS) is 1. The fourth-order valence-electron chi connectivity index (χ4n) is 2.51. The molecule has 1 aliphatic rings. The van der Waals surface area contributed by atoms with E-state index in [9.17, 15) is 9.90 Å². The van der Waals surface area contributed by atoms with E-state index in [0.717, 1.165) is 29.4 Å². The first-order valence-electron chi connectivity index (χ1n) is 6.81. The Morgan fingerprint density at radius 3 is 2.86 bits per heavy atom. The maximum absolute atomic E-state index is 11.3. The van der Waals surface area contributed by atoms with Gasteiger partial charge in [-0.25, -0.2) is 14.8 Å². The van der Waals surface area contributed by atoms with E-state index in [2.05, 4.69) is 9.97 Å². The molecule has 1 aliphatic carbocycles. The van der Waals surface area contributed by atoms with Crippen LogP contribution in [0.1, 0.15) is 34.8 Å². The molecule has 1 saturated carbocycles. The average Bonchev–Trinajstić information content (AvgIpc) is 3.26. The fourth-order valence-corrected chi connectivity index (χ4v) is 2.51. The van der Waals surface area contributed by atoms with E-state index in [4.69, 9.17) is 4.42 Å². The summed E-state index contributed by atoms with van der Waals surface area (Å²) < 4.78 is 5.50. The highest BCUT2D eigenvalue weighted by Gasteiger charge is 2.30. The van der Waals surface area contributed by atoms with Gasteiger partial charge in [-0.2, -0.15) is 0 Å². The van der Waals surface area contributed by atoms with Crippen molar-refractivity contribution in [2.24, 2.45) is 0 Å². The van der Waals surface area contributed by atoms with Gasteiger partial charge < -0.3 is 9.52 Å². The lowest BCUT2D eigenvalue weighted by Gasteiger charge is -2.05. The van der Waals surface area contributed by atoms with E-state index in [1.165, 1.54) is 6.20 Å². The predicted molar refractivity (Wildman–Crippen MR) is 76.2 cm³/mol. The summed E-state index contributed by atoms with van der Waals surface area (Å²) >= 11 is 0. The van der Waals surface area contributed by atoms with Gasteiger partial charge in [0.2, 0.25) is 0 Å². The number of benzene rings is 1. The van der Waals surface area contributed by atoms with Crippen molar-refractivity contribution >= 4 is 16.9 Å². The predicted octanol–water partition coefficient (Wildman–Crippen LogP) is 3.47. The molecular weight excluding hydrogens is 268 g/mol. The second kappa shape index (κ2) is 4.41. The summed E-state index contributed by atoms with van der Waals surface area (Å²) in [4.78, 5) is 20.0. The molecule has 5 heteroatoms. The normalized spacial score (nSPS) is 14.5. The number of rotatable bonds is 3. The lowest BCUT2D eigenvalue weighted by atomic mass is 10.1. The molecule has 0 bridgehead atoms. The van der Waals surface area contributed by atoms with Crippen LogP contribution >= 0.6 is 0 Å². The molecule has 0 radical (unpaired) electrons. The van der Waals surface area contributed by atoms with Crippen molar-refractivity contribution in [2.75, 3.05) is 0 Å². The zero-order valence-electron chi connectivity index (χ0n) is 11.1. The van der Waals surface area contributed by atoms with Gasteiger partial charge in [0, 0.05) is 17.5 Å². The summed E-state index contributed by atoms with van der Waals surface area (Å²) in [5.41, 5.74) is 2.41. The van der Waals surface area contributed by atoms with Gasteiger partial charge in [0.1, 0.15) is 11.8 Å². The summed E-state index contributed by atoms with van der Waals surface area (Å²) in [7, 11) is 0. The SMILES string of the molecule is O=C(O)c1cnc(-c2coc3ccccc23)nc1C1CC1. The molecule has 0 unspecified atom stereocenters. The highest BCUT2D eigenvalue weighted by Crippen LogP contribution is 2.41. The maximum atomic E-state index is 11.3. The Morgan fingerprint density at radius 1 is 1.29 bits per heavy atom. The minimum Gasteiger partial charge on any atom is -0.478 e. The Kier molecular flexibility index (Phi) is 2.54. The molecule has 0 atom stereocenters. The van der Waals surface area contributed by atoms with Gasteiger partial charge in [-0.3, -0.25) is 0 Å². The van der Waals surface area contributed by atoms with Crippen molar-refractivity contribution in [3.8, 4) is 11.4 Å². The monoisotopic (exact) mass is 280 g/mol. The quantitative estimate of drug-likeness (QED) is 0.795.